The van der Waals surface area contributed by atoms with Gasteiger partial charge in [0, 0.05) is 26.3 Å². The number of rotatable bonds is 9. The summed E-state index contributed by atoms with van der Waals surface area (Å²) in [5, 5.41) is 0. The summed E-state index contributed by atoms with van der Waals surface area (Å²) in [5.74, 6) is 0.0490. The molecule has 0 radical (unpaired) electrons. The Balaban J connectivity index is 1.69. The van der Waals surface area contributed by atoms with Crippen LogP contribution in [0.1, 0.15) is 46.8 Å². The molecule has 2 aliphatic rings. The topological polar surface area (TPSA) is 85.1 Å². The molecular formula is C24H27F2N3O4. The molecule has 176 valence electrons. The zero-order valence-electron chi connectivity index (χ0n) is 18.6. The lowest BCUT2D eigenvalue weighted by Crippen LogP contribution is -2.34. The van der Waals surface area contributed by atoms with Crippen LogP contribution in [0.4, 0.5) is 14.5 Å². The van der Waals surface area contributed by atoms with Crippen molar-refractivity contribution in [2.24, 2.45) is 5.92 Å². The number of nitrogens with two attached hydrogens (primary N) is 1. The van der Waals surface area contributed by atoms with Gasteiger partial charge in [-0.15, -0.1) is 0 Å². The number of ether oxygens (including phenoxy) is 2. The summed E-state index contributed by atoms with van der Waals surface area (Å²) in [6.45, 7) is -2.31. The Bertz CT molecular complexity index is 1060. The smallest absolute Gasteiger partial charge is 0.387 e. The van der Waals surface area contributed by atoms with E-state index in [0.717, 1.165) is 18.4 Å². The minimum absolute atomic E-state index is 0.0176. The molecule has 33 heavy (non-hydrogen) atoms. The monoisotopic (exact) mass is 459 g/mol. The molecular weight excluding hydrogens is 432 g/mol. The number of carbonyl (C=O) groups is 2. The summed E-state index contributed by atoms with van der Waals surface area (Å²) < 4.78 is 36.3. The minimum Gasteiger partial charge on any atom is -0.489 e. The molecule has 0 aromatic heterocycles. The normalized spacial score (nSPS) is 16.0. The first-order chi connectivity index (χ1) is 15.7. The molecule has 9 heteroatoms. The van der Waals surface area contributed by atoms with Gasteiger partial charge in [0.05, 0.1) is 24.6 Å². The predicted molar refractivity (Wildman–Crippen MR) is 118 cm³/mol. The number of nitrogen functional groups attached to an aromatic ring is 1. The van der Waals surface area contributed by atoms with Crippen molar-refractivity contribution in [2.75, 3.05) is 26.4 Å². The highest BCUT2D eigenvalue weighted by molar-refractivity contribution is 6.03. The van der Waals surface area contributed by atoms with Gasteiger partial charge in [-0.05, 0) is 48.1 Å². The number of halogens is 2. The average Bonchev–Trinajstić information content (AvgIpc) is 3.53. The van der Waals surface area contributed by atoms with E-state index in [0.29, 0.717) is 29.3 Å². The van der Waals surface area contributed by atoms with E-state index in [1.165, 1.54) is 11.0 Å². The largest absolute Gasteiger partial charge is 0.489 e. The number of benzene rings is 2. The molecule has 0 saturated heterocycles. The molecule has 0 bridgehead atoms. The van der Waals surface area contributed by atoms with Crippen LogP contribution in [0.5, 0.6) is 11.5 Å². The summed E-state index contributed by atoms with van der Waals surface area (Å²) >= 11 is 0. The van der Waals surface area contributed by atoms with Crippen LogP contribution in [0.25, 0.3) is 0 Å². The van der Waals surface area contributed by atoms with Crippen molar-refractivity contribution in [3.63, 3.8) is 0 Å². The van der Waals surface area contributed by atoms with E-state index >= 15 is 0 Å². The molecule has 1 saturated carbocycles. The summed E-state index contributed by atoms with van der Waals surface area (Å²) in [7, 11) is 3.28. The van der Waals surface area contributed by atoms with E-state index in [9.17, 15) is 18.4 Å². The van der Waals surface area contributed by atoms with E-state index in [4.69, 9.17) is 10.5 Å². The Morgan fingerprint density at radius 2 is 1.97 bits per heavy atom. The molecule has 2 aromatic rings. The fourth-order valence-corrected chi connectivity index (χ4v) is 3.95. The number of alkyl halides is 2. The molecule has 1 fully saturated rings. The van der Waals surface area contributed by atoms with Crippen LogP contribution in [-0.4, -0.2) is 48.9 Å². The van der Waals surface area contributed by atoms with Gasteiger partial charge in [-0.1, -0.05) is 18.2 Å². The number of carbonyl (C=O) groups excluding carboxylic acids is 2. The lowest BCUT2D eigenvalue weighted by atomic mass is 10.0. The molecule has 1 atom stereocenters. The highest BCUT2D eigenvalue weighted by atomic mass is 19.3. The van der Waals surface area contributed by atoms with Crippen LogP contribution >= 0.6 is 0 Å². The van der Waals surface area contributed by atoms with Crippen LogP contribution in [0.2, 0.25) is 0 Å². The summed E-state index contributed by atoms with van der Waals surface area (Å²) in [6, 6.07) is 9.23. The fourth-order valence-electron chi connectivity index (χ4n) is 3.95. The Labute approximate surface area is 191 Å². The van der Waals surface area contributed by atoms with E-state index in [2.05, 4.69) is 4.74 Å². The van der Waals surface area contributed by atoms with E-state index in [1.54, 1.807) is 43.3 Å². The van der Waals surface area contributed by atoms with E-state index < -0.39 is 12.7 Å². The van der Waals surface area contributed by atoms with Crippen molar-refractivity contribution in [3.8, 4) is 11.5 Å². The van der Waals surface area contributed by atoms with Crippen LogP contribution in [0.15, 0.2) is 36.4 Å². The molecule has 0 spiro atoms. The highest BCUT2D eigenvalue weighted by Gasteiger charge is 2.36. The Morgan fingerprint density at radius 1 is 1.21 bits per heavy atom. The maximum absolute atomic E-state index is 13.3. The zero-order chi connectivity index (χ0) is 23.7. The van der Waals surface area contributed by atoms with Gasteiger partial charge in [0.2, 0.25) is 5.91 Å². The zero-order valence-corrected chi connectivity index (χ0v) is 18.6. The number of fused-ring (bicyclic) bond motifs is 1. The van der Waals surface area contributed by atoms with Gasteiger partial charge in [0.25, 0.3) is 5.91 Å². The molecule has 2 amide bonds. The average molecular weight is 459 g/mol. The van der Waals surface area contributed by atoms with Gasteiger partial charge in [-0.3, -0.25) is 9.59 Å². The maximum Gasteiger partial charge on any atom is 0.387 e. The summed E-state index contributed by atoms with van der Waals surface area (Å²) in [6.07, 6.45) is 2.09. The standard InChI is InChI=1S/C24H27F2N3O4/c1-28(2)21(30)11-18(29-12-16-4-3-5-17(27)22(16)23(29)31)15-8-9-19(33-24(25)26)20(10-15)32-13-14-6-7-14/h3-5,8-10,14,18,24H,6-7,11-13,27H2,1-2H3. The van der Waals surface area contributed by atoms with E-state index in [-0.39, 0.29) is 36.3 Å². The van der Waals surface area contributed by atoms with Crippen molar-refractivity contribution < 1.29 is 27.8 Å². The second kappa shape index (κ2) is 9.25. The molecule has 2 N–H and O–H groups in total. The third-order valence-corrected chi connectivity index (χ3v) is 5.98. The summed E-state index contributed by atoms with van der Waals surface area (Å²) in [4.78, 5) is 29.0. The Hall–Kier alpha value is -3.36. The Kier molecular flexibility index (Phi) is 6.40. The Morgan fingerprint density at radius 3 is 2.61 bits per heavy atom. The lowest BCUT2D eigenvalue weighted by molar-refractivity contribution is -0.129. The molecule has 4 rings (SSSR count). The third kappa shape index (κ3) is 5.02. The van der Waals surface area contributed by atoms with Gasteiger partial charge >= 0.3 is 6.61 Å². The highest BCUT2D eigenvalue weighted by Crippen LogP contribution is 2.40. The molecule has 1 aliphatic heterocycles. The first-order valence-corrected chi connectivity index (χ1v) is 10.8. The molecule has 1 aliphatic carbocycles. The third-order valence-electron chi connectivity index (χ3n) is 5.98. The second-order valence-corrected chi connectivity index (χ2v) is 8.66. The lowest BCUT2D eigenvalue weighted by Gasteiger charge is -2.29. The quantitative estimate of drug-likeness (QED) is 0.576. The first-order valence-electron chi connectivity index (χ1n) is 10.8. The van der Waals surface area contributed by atoms with Gasteiger partial charge < -0.3 is 25.0 Å². The molecule has 2 aromatic carbocycles. The number of hydrogen-bond donors (Lipinski definition) is 1. The van der Waals surface area contributed by atoms with Gasteiger partial charge in [-0.25, -0.2) is 0 Å². The number of nitrogens with zero attached hydrogens (tertiary/aromatic N) is 2. The van der Waals surface area contributed by atoms with Crippen LogP contribution in [0.3, 0.4) is 0 Å². The van der Waals surface area contributed by atoms with Crippen molar-refractivity contribution in [1.82, 2.24) is 9.80 Å². The number of hydrogen-bond acceptors (Lipinski definition) is 5. The SMILES string of the molecule is CN(C)C(=O)CC(c1ccc(OC(F)F)c(OCC2CC2)c1)N1Cc2cccc(N)c2C1=O. The van der Waals surface area contributed by atoms with E-state index in [1.807, 2.05) is 6.07 Å². The van der Waals surface area contributed by atoms with Crippen molar-refractivity contribution >= 4 is 17.5 Å². The van der Waals surface area contributed by atoms with Crippen LogP contribution < -0.4 is 15.2 Å². The van der Waals surface area contributed by atoms with Gasteiger partial charge in [0.1, 0.15) is 0 Å². The number of anilines is 1. The van der Waals surface area contributed by atoms with Crippen molar-refractivity contribution in [1.29, 1.82) is 0 Å². The summed E-state index contributed by atoms with van der Waals surface area (Å²) in [5.41, 5.74) is 8.24. The number of amides is 2. The van der Waals surface area contributed by atoms with Crippen molar-refractivity contribution in [2.45, 2.75) is 38.5 Å². The van der Waals surface area contributed by atoms with Crippen molar-refractivity contribution in [3.05, 3.63) is 53.1 Å². The maximum atomic E-state index is 13.3. The fraction of sp³-hybridized carbons (Fsp3) is 0.417. The predicted octanol–water partition coefficient (Wildman–Crippen LogP) is 3.83. The van der Waals surface area contributed by atoms with Crippen LogP contribution in [-0.2, 0) is 11.3 Å². The molecule has 1 heterocycles. The van der Waals surface area contributed by atoms with Crippen LogP contribution in [0, 0.1) is 5.92 Å². The minimum atomic E-state index is -3.00. The molecule has 1 unspecified atom stereocenters. The second-order valence-electron chi connectivity index (χ2n) is 8.66. The van der Waals surface area contributed by atoms with Gasteiger partial charge in [-0.2, -0.15) is 8.78 Å². The molecule has 7 nitrogen and oxygen atoms in total. The first kappa shape index (κ1) is 22.8. The van der Waals surface area contributed by atoms with Gasteiger partial charge in [0.15, 0.2) is 11.5 Å².